The van der Waals surface area contributed by atoms with E-state index in [1.165, 1.54) is 7.11 Å². The Bertz CT molecular complexity index is 186. The average Bonchev–Trinajstić information content (AvgIpc) is 2.08. The van der Waals surface area contributed by atoms with E-state index < -0.39 is 0 Å². The SMILES string of the molecule is COC(=O)CC1COC(C)(C)CN1.Cl. The molecule has 1 saturated heterocycles. The molecule has 1 heterocycles. The van der Waals surface area contributed by atoms with Crippen LogP contribution in [0.25, 0.3) is 0 Å². The van der Waals surface area contributed by atoms with Crippen molar-refractivity contribution < 1.29 is 14.3 Å². The maximum absolute atomic E-state index is 10.9. The molecule has 0 amide bonds. The summed E-state index contributed by atoms with van der Waals surface area (Å²) in [6.07, 6.45) is 0.382. The van der Waals surface area contributed by atoms with Crippen LogP contribution in [-0.4, -0.2) is 37.9 Å². The van der Waals surface area contributed by atoms with Crippen LogP contribution in [0.15, 0.2) is 0 Å². The number of carbonyl (C=O) groups is 1. The number of morpholine rings is 1. The Balaban J connectivity index is 0.00000169. The zero-order chi connectivity index (χ0) is 9.90. The summed E-state index contributed by atoms with van der Waals surface area (Å²) >= 11 is 0. The quantitative estimate of drug-likeness (QED) is 0.702. The van der Waals surface area contributed by atoms with Gasteiger partial charge in [-0.3, -0.25) is 4.79 Å². The molecule has 0 radical (unpaired) electrons. The Labute approximate surface area is 90.7 Å². The lowest BCUT2D eigenvalue weighted by Gasteiger charge is -2.35. The fourth-order valence-electron chi connectivity index (χ4n) is 1.24. The molecule has 0 aromatic heterocycles. The second kappa shape index (κ2) is 5.53. The number of rotatable bonds is 2. The molecule has 0 aromatic carbocycles. The van der Waals surface area contributed by atoms with E-state index in [4.69, 9.17) is 4.74 Å². The number of halogens is 1. The summed E-state index contributed by atoms with van der Waals surface area (Å²) in [5.41, 5.74) is -0.118. The summed E-state index contributed by atoms with van der Waals surface area (Å²) in [4.78, 5) is 10.9. The fourth-order valence-corrected chi connectivity index (χ4v) is 1.24. The van der Waals surface area contributed by atoms with E-state index in [0.717, 1.165) is 6.54 Å². The van der Waals surface area contributed by atoms with Gasteiger partial charge in [0.1, 0.15) is 0 Å². The van der Waals surface area contributed by atoms with Crippen LogP contribution >= 0.6 is 12.4 Å². The molecule has 0 aromatic rings. The summed E-state index contributed by atoms with van der Waals surface area (Å²) in [5, 5.41) is 3.25. The zero-order valence-electron chi connectivity index (χ0n) is 8.83. The number of methoxy groups -OCH3 is 1. The summed E-state index contributed by atoms with van der Waals surface area (Å²) in [6, 6.07) is 0.0977. The Kier molecular flexibility index (Phi) is 5.41. The first-order chi connectivity index (χ1) is 6.03. The largest absolute Gasteiger partial charge is 0.469 e. The van der Waals surface area contributed by atoms with Crippen LogP contribution in [0.1, 0.15) is 20.3 Å². The molecular formula is C9H18ClNO3. The molecule has 1 N–H and O–H groups in total. The van der Waals surface area contributed by atoms with Gasteiger partial charge in [-0.15, -0.1) is 12.4 Å². The van der Waals surface area contributed by atoms with E-state index in [9.17, 15) is 4.79 Å². The van der Waals surface area contributed by atoms with Gasteiger partial charge < -0.3 is 14.8 Å². The zero-order valence-corrected chi connectivity index (χ0v) is 9.65. The van der Waals surface area contributed by atoms with Crippen molar-refractivity contribution >= 4 is 18.4 Å². The Hall–Kier alpha value is -0.320. The maximum Gasteiger partial charge on any atom is 0.307 e. The molecule has 4 nitrogen and oxygen atoms in total. The van der Waals surface area contributed by atoms with Crippen molar-refractivity contribution in [2.24, 2.45) is 0 Å². The predicted molar refractivity (Wildman–Crippen MR) is 55.7 cm³/mol. The first kappa shape index (κ1) is 13.7. The fraction of sp³-hybridized carbons (Fsp3) is 0.889. The van der Waals surface area contributed by atoms with Crippen LogP contribution < -0.4 is 5.32 Å². The number of carbonyl (C=O) groups excluding carboxylic acids is 1. The van der Waals surface area contributed by atoms with Gasteiger partial charge in [0.05, 0.1) is 25.7 Å². The molecule has 84 valence electrons. The van der Waals surface area contributed by atoms with Crippen LogP contribution in [0.4, 0.5) is 0 Å². The van der Waals surface area contributed by atoms with Gasteiger partial charge in [-0.1, -0.05) is 0 Å². The lowest BCUT2D eigenvalue weighted by Crippen LogP contribution is -2.52. The van der Waals surface area contributed by atoms with E-state index in [2.05, 4.69) is 10.1 Å². The van der Waals surface area contributed by atoms with E-state index >= 15 is 0 Å². The highest BCUT2D eigenvalue weighted by Crippen LogP contribution is 2.14. The van der Waals surface area contributed by atoms with Gasteiger partial charge in [-0.2, -0.15) is 0 Å². The van der Waals surface area contributed by atoms with E-state index in [1.807, 2.05) is 13.8 Å². The lowest BCUT2D eigenvalue weighted by molar-refractivity contribution is -0.143. The Morgan fingerprint density at radius 2 is 2.29 bits per heavy atom. The summed E-state index contributed by atoms with van der Waals surface area (Å²) < 4.78 is 10.1. The van der Waals surface area contributed by atoms with E-state index in [0.29, 0.717) is 13.0 Å². The van der Waals surface area contributed by atoms with Crippen LogP contribution in [-0.2, 0) is 14.3 Å². The van der Waals surface area contributed by atoms with Crippen LogP contribution in [0.5, 0.6) is 0 Å². The third-order valence-electron chi connectivity index (χ3n) is 2.13. The van der Waals surface area contributed by atoms with E-state index in [1.54, 1.807) is 0 Å². The van der Waals surface area contributed by atoms with Gasteiger partial charge in [0.2, 0.25) is 0 Å². The van der Waals surface area contributed by atoms with Crippen LogP contribution in [0, 0.1) is 0 Å². The third-order valence-corrected chi connectivity index (χ3v) is 2.13. The highest BCUT2D eigenvalue weighted by atomic mass is 35.5. The molecule has 0 spiro atoms. The molecule has 1 unspecified atom stereocenters. The topological polar surface area (TPSA) is 47.6 Å². The smallest absolute Gasteiger partial charge is 0.307 e. The molecule has 14 heavy (non-hydrogen) atoms. The molecule has 0 aliphatic carbocycles. The molecule has 1 aliphatic heterocycles. The number of nitrogens with one attached hydrogen (secondary N) is 1. The van der Waals surface area contributed by atoms with Crippen LogP contribution in [0.2, 0.25) is 0 Å². The van der Waals surface area contributed by atoms with Gasteiger partial charge in [0, 0.05) is 12.6 Å². The number of ether oxygens (including phenoxy) is 2. The van der Waals surface area contributed by atoms with E-state index in [-0.39, 0.29) is 30.0 Å². The molecule has 1 rings (SSSR count). The van der Waals surface area contributed by atoms with Crippen molar-refractivity contribution in [1.82, 2.24) is 5.32 Å². The minimum atomic E-state index is -0.194. The minimum absolute atomic E-state index is 0. The highest BCUT2D eigenvalue weighted by molar-refractivity contribution is 5.85. The van der Waals surface area contributed by atoms with Crippen molar-refractivity contribution in [3.63, 3.8) is 0 Å². The summed E-state index contributed by atoms with van der Waals surface area (Å²) in [5.74, 6) is -0.194. The van der Waals surface area contributed by atoms with Gasteiger partial charge in [-0.05, 0) is 13.8 Å². The number of hydrogen-bond donors (Lipinski definition) is 1. The summed E-state index contributed by atoms with van der Waals surface area (Å²) in [7, 11) is 1.40. The van der Waals surface area contributed by atoms with Gasteiger partial charge in [-0.25, -0.2) is 0 Å². The average molecular weight is 224 g/mol. The molecule has 0 saturated carbocycles. The second-order valence-electron chi connectivity index (χ2n) is 3.93. The third kappa shape index (κ3) is 4.26. The minimum Gasteiger partial charge on any atom is -0.469 e. The highest BCUT2D eigenvalue weighted by Gasteiger charge is 2.28. The molecule has 1 fully saturated rings. The maximum atomic E-state index is 10.9. The number of esters is 1. The Morgan fingerprint density at radius 1 is 1.64 bits per heavy atom. The van der Waals surface area contributed by atoms with Gasteiger partial charge in [0.15, 0.2) is 0 Å². The molecule has 1 atom stereocenters. The first-order valence-corrected chi connectivity index (χ1v) is 4.48. The number of hydrogen-bond acceptors (Lipinski definition) is 4. The van der Waals surface area contributed by atoms with Crippen LogP contribution in [0.3, 0.4) is 0 Å². The first-order valence-electron chi connectivity index (χ1n) is 4.48. The van der Waals surface area contributed by atoms with Gasteiger partial charge in [0.25, 0.3) is 0 Å². The molecule has 0 bridgehead atoms. The second-order valence-corrected chi connectivity index (χ2v) is 3.93. The molecular weight excluding hydrogens is 206 g/mol. The summed E-state index contributed by atoms with van der Waals surface area (Å²) in [6.45, 7) is 5.39. The van der Waals surface area contributed by atoms with Crippen molar-refractivity contribution in [2.45, 2.75) is 31.9 Å². The molecule has 1 aliphatic rings. The van der Waals surface area contributed by atoms with Crippen molar-refractivity contribution in [3.05, 3.63) is 0 Å². The predicted octanol–water partition coefficient (Wildman–Crippen LogP) is 0.738. The standard InChI is InChI=1S/C9H17NO3.ClH/c1-9(2)6-10-7(5-13-9)4-8(11)12-3;/h7,10H,4-6H2,1-3H3;1H. The monoisotopic (exact) mass is 223 g/mol. The van der Waals surface area contributed by atoms with Crippen molar-refractivity contribution in [2.75, 3.05) is 20.3 Å². The Morgan fingerprint density at radius 3 is 2.71 bits per heavy atom. The normalized spacial score (nSPS) is 24.9. The lowest BCUT2D eigenvalue weighted by atomic mass is 10.1. The van der Waals surface area contributed by atoms with Gasteiger partial charge >= 0.3 is 5.97 Å². The van der Waals surface area contributed by atoms with Crippen molar-refractivity contribution in [1.29, 1.82) is 0 Å². The molecule has 5 heteroatoms. The van der Waals surface area contributed by atoms with Crippen molar-refractivity contribution in [3.8, 4) is 0 Å².